The summed E-state index contributed by atoms with van der Waals surface area (Å²) in [6.07, 6.45) is 1.34. The van der Waals surface area contributed by atoms with Gasteiger partial charge in [0.05, 0.1) is 37.3 Å². The number of anilines is 2. The van der Waals surface area contributed by atoms with Crippen LogP contribution in [0.15, 0.2) is 60.9 Å². The lowest BCUT2D eigenvalue weighted by Gasteiger charge is -2.16. The van der Waals surface area contributed by atoms with E-state index in [1.165, 1.54) is 42.7 Å². The van der Waals surface area contributed by atoms with E-state index in [2.05, 4.69) is 9.97 Å². The molecule has 4 aromatic rings. The largest absolute Gasteiger partial charge is 0.487 e. The Morgan fingerprint density at radius 3 is 1.97 bits per heavy atom. The molecular formula is C26H26F2N4O5. The molecule has 1 aliphatic heterocycles. The van der Waals surface area contributed by atoms with Crippen LogP contribution in [0.25, 0.3) is 10.9 Å². The lowest BCUT2D eigenvalue weighted by Crippen LogP contribution is -2.15. The van der Waals surface area contributed by atoms with E-state index in [1.54, 1.807) is 18.2 Å². The van der Waals surface area contributed by atoms with Crippen LogP contribution in [-0.4, -0.2) is 49.6 Å². The fraction of sp³-hybridized carbons (Fsp3) is 0.231. The van der Waals surface area contributed by atoms with Gasteiger partial charge in [-0.3, -0.25) is 0 Å². The highest BCUT2D eigenvalue weighted by atomic mass is 19.1. The maximum Gasteiger partial charge on any atom is 0.230 e. The number of benzene rings is 3. The highest BCUT2D eigenvalue weighted by Crippen LogP contribution is 2.36. The number of halogens is 2. The second-order valence-corrected chi connectivity index (χ2v) is 7.76. The first-order valence-electron chi connectivity index (χ1n) is 11.4. The molecule has 0 bridgehead atoms. The van der Waals surface area contributed by atoms with Crippen molar-refractivity contribution in [3.63, 3.8) is 0 Å². The summed E-state index contributed by atoms with van der Waals surface area (Å²) in [5.74, 6) is 0.369. The number of aromatic nitrogens is 2. The molecule has 3 aromatic carbocycles. The minimum absolute atomic E-state index is 0.00897. The molecule has 0 fully saturated rings. The number of hydrogen-bond donors (Lipinski definition) is 2. The summed E-state index contributed by atoms with van der Waals surface area (Å²) in [7, 11) is 0. The Labute approximate surface area is 211 Å². The molecule has 0 aliphatic carbocycles. The third kappa shape index (κ3) is 7.38. The Kier molecular flexibility index (Phi) is 8.84. The monoisotopic (exact) mass is 512 g/mol. The first-order valence-corrected chi connectivity index (χ1v) is 11.4. The number of nitrogen functional groups attached to an aromatic ring is 2. The van der Waals surface area contributed by atoms with Crippen LogP contribution >= 0.6 is 0 Å². The fourth-order valence-corrected chi connectivity index (χ4v) is 3.26. The number of nitrogens with zero attached hydrogens (tertiary/aromatic N) is 2. The summed E-state index contributed by atoms with van der Waals surface area (Å²) < 4.78 is 54.3. The molecule has 0 atom stereocenters. The van der Waals surface area contributed by atoms with Gasteiger partial charge < -0.3 is 35.2 Å². The topological polar surface area (TPSA) is 124 Å². The standard InChI is InChI=1S/C20H20FN3O5.C6H6FN/c21-15-9-13(22)1-2-17(15)29-20-14-10-18-19(11-16(14)23-12-24-20)28-8-6-26-4-3-25-5-7-27-18;7-5-1-3-6(8)4-2-5/h1-2,9-12H,3-8,22H2;1-4H,8H2. The number of nitrogens with two attached hydrogens (primary N) is 2. The van der Waals surface area contributed by atoms with Gasteiger partial charge in [0.2, 0.25) is 5.88 Å². The Balaban J connectivity index is 0.000000342. The second-order valence-electron chi connectivity index (χ2n) is 7.76. The molecule has 2 heterocycles. The van der Waals surface area contributed by atoms with Crippen LogP contribution in [0.2, 0.25) is 0 Å². The smallest absolute Gasteiger partial charge is 0.230 e. The van der Waals surface area contributed by atoms with Crippen molar-refractivity contribution in [2.75, 3.05) is 51.1 Å². The summed E-state index contributed by atoms with van der Waals surface area (Å²) in [5, 5.41) is 0.551. The van der Waals surface area contributed by atoms with Crippen molar-refractivity contribution in [1.29, 1.82) is 0 Å². The van der Waals surface area contributed by atoms with Crippen LogP contribution in [-0.2, 0) is 9.47 Å². The highest BCUT2D eigenvalue weighted by Gasteiger charge is 2.15. The van der Waals surface area contributed by atoms with E-state index in [-0.39, 0.29) is 17.4 Å². The van der Waals surface area contributed by atoms with Gasteiger partial charge in [-0.1, -0.05) is 0 Å². The zero-order valence-corrected chi connectivity index (χ0v) is 19.9. The lowest BCUT2D eigenvalue weighted by molar-refractivity contribution is 0.0224. The van der Waals surface area contributed by atoms with Crippen molar-refractivity contribution >= 4 is 22.3 Å². The van der Waals surface area contributed by atoms with Crippen molar-refractivity contribution in [3.05, 3.63) is 72.6 Å². The molecule has 1 aromatic heterocycles. The van der Waals surface area contributed by atoms with E-state index in [9.17, 15) is 8.78 Å². The van der Waals surface area contributed by atoms with E-state index >= 15 is 0 Å². The third-order valence-electron chi connectivity index (χ3n) is 5.04. The number of fused-ring (bicyclic) bond motifs is 2. The predicted octanol–water partition coefficient (Wildman–Crippen LogP) is 4.36. The molecule has 0 radical (unpaired) electrons. The lowest BCUT2D eigenvalue weighted by atomic mass is 10.2. The Bertz CT molecular complexity index is 1300. The van der Waals surface area contributed by atoms with Gasteiger partial charge in [-0.2, -0.15) is 0 Å². The van der Waals surface area contributed by atoms with Gasteiger partial charge in [-0.05, 0) is 42.5 Å². The molecule has 11 heteroatoms. The second kappa shape index (κ2) is 12.7. The normalized spacial score (nSPS) is 14.0. The summed E-state index contributed by atoms with van der Waals surface area (Å²) in [5.41, 5.74) is 12.3. The van der Waals surface area contributed by atoms with Crippen molar-refractivity contribution in [2.45, 2.75) is 0 Å². The van der Waals surface area contributed by atoms with Crippen molar-refractivity contribution < 1.29 is 32.5 Å². The maximum atomic E-state index is 14.1. The SMILES string of the molecule is Nc1ccc(F)cc1.Nc1ccc(Oc2ncnc3cc4c(cc23)OCCOCCOCCO4)c(F)c1. The Hall–Kier alpha value is -4.22. The molecule has 0 saturated carbocycles. The van der Waals surface area contributed by atoms with Gasteiger partial charge >= 0.3 is 0 Å². The van der Waals surface area contributed by atoms with Crippen molar-refractivity contribution in [3.8, 4) is 23.1 Å². The average molecular weight is 513 g/mol. The molecule has 5 rings (SSSR count). The molecular weight excluding hydrogens is 486 g/mol. The van der Waals surface area contributed by atoms with E-state index in [4.69, 9.17) is 35.2 Å². The van der Waals surface area contributed by atoms with Crippen LogP contribution in [0.1, 0.15) is 0 Å². The molecule has 0 unspecified atom stereocenters. The van der Waals surface area contributed by atoms with Crippen LogP contribution in [0.5, 0.6) is 23.1 Å². The van der Waals surface area contributed by atoms with Crippen LogP contribution < -0.4 is 25.7 Å². The molecule has 4 N–H and O–H groups in total. The molecule has 1 aliphatic rings. The predicted molar refractivity (Wildman–Crippen MR) is 134 cm³/mol. The molecule has 0 spiro atoms. The van der Waals surface area contributed by atoms with Gasteiger partial charge in [0.25, 0.3) is 0 Å². The molecule has 37 heavy (non-hydrogen) atoms. The zero-order chi connectivity index (χ0) is 26.0. The van der Waals surface area contributed by atoms with E-state index < -0.39 is 5.82 Å². The summed E-state index contributed by atoms with van der Waals surface area (Å²) in [4.78, 5) is 8.41. The van der Waals surface area contributed by atoms with Gasteiger partial charge in [-0.15, -0.1) is 0 Å². The Morgan fingerprint density at radius 2 is 1.32 bits per heavy atom. The quantitative estimate of drug-likeness (QED) is 0.377. The van der Waals surface area contributed by atoms with Crippen LogP contribution in [0, 0.1) is 11.6 Å². The van der Waals surface area contributed by atoms with Crippen molar-refractivity contribution in [2.24, 2.45) is 0 Å². The molecule has 0 amide bonds. The summed E-state index contributed by atoms with van der Waals surface area (Å²) in [6, 6.07) is 13.3. The third-order valence-corrected chi connectivity index (χ3v) is 5.04. The summed E-state index contributed by atoms with van der Waals surface area (Å²) >= 11 is 0. The van der Waals surface area contributed by atoms with Gasteiger partial charge in [0.1, 0.15) is 25.4 Å². The minimum atomic E-state index is -0.584. The highest BCUT2D eigenvalue weighted by molar-refractivity contribution is 5.87. The van der Waals surface area contributed by atoms with Gasteiger partial charge in [0.15, 0.2) is 23.1 Å². The summed E-state index contributed by atoms with van der Waals surface area (Å²) in [6.45, 7) is 2.52. The first-order chi connectivity index (χ1) is 18.0. The minimum Gasteiger partial charge on any atom is -0.487 e. The molecule has 194 valence electrons. The van der Waals surface area contributed by atoms with E-state index in [0.29, 0.717) is 73.4 Å². The van der Waals surface area contributed by atoms with E-state index in [1.807, 2.05) is 0 Å². The van der Waals surface area contributed by atoms with Crippen LogP contribution in [0.4, 0.5) is 20.2 Å². The number of hydrogen-bond acceptors (Lipinski definition) is 9. The maximum absolute atomic E-state index is 14.1. The fourth-order valence-electron chi connectivity index (χ4n) is 3.26. The first kappa shape index (κ1) is 25.9. The van der Waals surface area contributed by atoms with Gasteiger partial charge in [0, 0.05) is 23.5 Å². The van der Waals surface area contributed by atoms with Gasteiger partial charge in [-0.25, -0.2) is 18.7 Å². The van der Waals surface area contributed by atoms with E-state index in [0.717, 1.165) is 0 Å². The number of ether oxygens (including phenoxy) is 5. The molecule has 9 nitrogen and oxygen atoms in total. The Morgan fingerprint density at radius 1 is 0.703 bits per heavy atom. The average Bonchev–Trinajstić information content (AvgIpc) is 2.88. The zero-order valence-electron chi connectivity index (χ0n) is 19.9. The molecule has 0 saturated heterocycles. The number of rotatable bonds is 2. The van der Waals surface area contributed by atoms with Crippen LogP contribution in [0.3, 0.4) is 0 Å². The van der Waals surface area contributed by atoms with Crippen molar-refractivity contribution in [1.82, 2.24) is 9.97 Å².